The largest absolute Gasteiger partial charge is 0.497 e. The molecule has 2 aliphatic heterocycles. The third-order valence-corrected chi connectivity index (χ3v) is 5.80. The maximum absolute atomic E-state index is 13.4. The first-order valence-electron chi connectivity index (χ1n) is 10.2. The molecule has 2 amide bonds. The van der Waals surface area contributed by atoms with Crippen molar-refractivity contribution in [3.8, 4) is 5.75 Å². The van der Waals surface area contributed by atoms with Crippen molar-refractivity contribution in [2.75, 3.05) is 40.3 Å². The summed E-state index contributed by atoms with van der Waals surface area (Å²) in [7, 11) is 3.69. The molecule has 0 bridgehead atoms. The minimum Gasteiger partial charge on any atom is -0.497 e. The molecule has 6 nitrogen and oxygen atoms in total. The molecule has 2 aromatic rings. The second-order valence-electron chi connectivity index (χ2n) is 7.92. The first-order valence-corrected chi connectivity index (χ1v) is 10.2. The second kappa shape index (κ2) is 8.32. The molecule has 156 valence electrons. The molecular weight excluding hydrogens is 378 g/mol. The van der Waals surface area contributed by atoms with Crippen LogP contribution in [-0.4, -0.2) is 66.9 Å². The molecular formula is C24H27N3O3. The number of hydrogen-bond donors (Lipinski definition) is 0. The van der Waals surface area contributed by atoms with Gasteiger partial charge in [-0.05, 0) is 37.2 Å². The van der Waals surface area contributed by atoms with Crippen molar-refractivity contribution >= 4 is 17.4 Å². The van der Waals surface area contributed by atoms with Gasteiger partial charge in [0.2, 0.25) is 0 Å². The molecule has 0 N–H and O–H groups in total. The molecule has 0 spiro atoms. The van der Waals surface area contributed by atoms with Crippen LogP contribution in [0.15, 0.2) is 54.2 Å². The lowest BCUT2D eigenvalue weighted by Crippen LogP contribution is -2.46. The van der Waals surface area contributed by atoms with Crippen LogP contribution < -0.4 is 4.74 Å². The number of imide groups is 1. The summed E-state index contributed by atoms with van der Waals surface area (Å²) in [5.74, 6) is 0.305. The highest BCUT2D eigenvalue weighted by atomic mass is 16.5. The second-order valence-corrected chi connectivity index (χ2v) is 7.92. The van der Waals surface area contributed by atoms with Crippen LogP contribution in [0.5, 0.6) is 5.75 Å². The van der Waals surface area contributed by atoms with E-state index in [9.17, 15) is 9.59 Å². The lowest BCUT2D eigenvalue weighted by atomic mass is 10.0. The topological polar surface area (TPSA) is 53.1 Å². The highest BCUT2D eigenvalue weighted by Crippen LogP contribution is 2.33. The summed E-state index contributed by atoms with van der Waals surface area (Å²) in [5, 5.41) is 0. The molecule has 6 heteroatoms. The summed E-state index contributed by atoms with van der Waals surface area (Å²) in [6, 6.07) is 15.3. The molecule has 0 unspecified atom stereocenters. The fourth-order valence-electron chi connectivity index (χ4n) is 3.92. The average Bonchev–Trinajstić information content (AvgIpc) is 3.00. The third kappa shape index (κ3) is 3.83. The van der Waals surface area contributed by atoms with Gasteiger partial charge in [0.15, 0.2) is 0 Å². The number of nitrogens with zero attached hydrogens (tertiary/aromatic N) is 3. The van der Waals surface area contributed by atoms with Crippen molar-refractivity contribution in [2.24, 2.45) is 0 Å². The Morgan fingerprint density at radius 1 is 0.867 bits per heavy atom. The highest BCUT2D eigenvalue weighted by molar-refractivity contribution is 6.35. The van der Waals surface area contributed by atoms with E-state index in [2.05, 4.69) is 16.8 Å². The maximum atomic E-state index is 13.4. The third-order valence-electron chi connectivity index (χ3n) is 5.80. The van der Waals surface area contributed by atoms with E-state index in [1.807, 2.05) is 55.5 Å². The zero-order valence-corrected chi connectivity index (χ0v) is 17.7. The Morgan fingerprint density at radius 2 is 1.50 bits per heavy atom. The van der Waals surface area contributed by atoms with Crippen LogP contribution in [0.4, 0.5) is 0 Å². The Kier molecular flexibility index (Phi) is 5.59. The van der Waals surface area contributed by atoms with E-state index in [0.717, 1.165) is 48.6 Å². The van der Waals surface area contributed by atoms with Gasteiger partial charge in [0.25, 0.3) is 11.8 Å². The summed E-state index contributed by atoms with van der Waals surface area (Å²) in [6.07, 6.45) is 0. The molecule has 2 heterocycles. The Bertz CT molecular complexity index is 972. The molecule has 0 radical (unpaired) electrons. The van der Waals surface area contributed by atoms with E-state index >= 15 is 0 Å². The van der Waals surface area contributed by atoms with E-state index in [1.165, 1.54) is 4.90 Å². The lowest BCUT2D eigenvalue weighted by molar-refractivity contribution is -0.138. The van der Waals surface area contributed by atoms with Gasteiger partial charge in [-0.15, -0.1) is 0 Å². The minimum atomic E-state index is -0.228. The average molecular weight is 405 g/mol. The Hall–Kier alpha value is -3.12. The highest BCUT2D eigenvalue weighted by Gasteiger charge is 2.41. The number of aryl methyl sites for hydroxylation is 1. The Balaban J connectivity index is 1.68. The fraction of sp³-hybridized carbons (Fsp3) is 0.333. The number of ether oxygens (including phenoxy) is 1. The van der Waals surface area contributed by atoms with Crippen LogP contribution >= 0.6 is 0 Å². The zero-order chi connectivity index (χ0) is 21.3. The SMILES string of the molecule is COc1ccc(CN2C(=O)C(c3ccc(C)cc3)=C(N3CCN(C)CC3)C2=O)cc1. The van der Waals surface area contributed by atoms with Crippen LogP contribution in [-0.2, 0) is 16.1 Å². The summed E-state index contributed by atoms with van der Waals surface area (Å²) < 4.78 is 5.20. The van der Waals surface area contributed by atoms with Crippen molar-refractivity contribution in [1.82, 2.24) is 14.7 Å². The van der Waals surface area contributed by atoms with Gasteiger partial charge >= 0.3 is 0 Å². The van der Waals surface area contributed by atoms with Crippen molar-refractivity contribution in [1.29, 1.82) is 0 Å². The molecule has 0 aliphatic carbocycles. The van der Waals surface area contributed by atoms with Gasteiger partial charge in [-0.25, -0.2) is 0 Å². The van der Waals surface area contributed by atoms with E-state index in [0.29, 0.717) is 11.3 Å². The molecule has 4 rings (SSSR count). The maximum Gasteiger partial charge on any atom is 0.278 e. The first kappa shape index (κ1) is 20.2. The first-order chi connectivity index (χ1) is 14.5. The Morgan fingerprint density at radius 3 is 2.10 bits per heavy atom. The smallest absolute Gasteiger partial charge is 0.278 e. The molecule has 0 saturated carbocycles. The summed E-state index contributed by atoms with van der Waals surface area (Å²) >= 11 is 0. The van der Waals surface area contributed by atoms with Crippen LogP contribution in [0, 0.1) is 6.92 Å². The van der Waals surface area contributed by atoms with Gasteiger partial charge < -0.3 is 14.5 Å². The van der Waals surface area contributed by atoms with Gasteiger partial charge in [0, 0.05) is 26.2 Å². The molecule has 2 aromatic carbocycles. The Labute approximate surface area is 177 Å². The summed E-state index contributed by atoms with van der Waals surface area (Å²) in [6.45, 7) is 5.45. The number of benzene rings is 2. The number of methoxy groups -OCH3 is 1. The standard InChI is InChI=1S/C24H27N3O3/c1-17-4-8-19(9-5-17)21-22(26-14-12-25(2)13-15-26)24(29)27(23(21)28)16-18-6-10-20(30-3)11-7-18/h4-11H,12-16H2,1-3H3. The summed E-state index contributed by atoms with van der Waals surface area (Å²) in [5.41, 5.74) is 3.85. The number of hydrogen-bond acceptors (Lipinski definition) is 5. The molecule has 0 atom stereocenters. The molecule has 1 fully saturated rings. The van der Waals surface area contributed by atoms with E-state index in [-0.39, 0.29) is 18.4 Å². The number of carbonyl (C=O) groups excluding carboxylic acids is 2. The predicted molar refractivity (Wildman–Crippen MR) is 116 cm³/mol. The number of carbonyl (C=O) groups is 2. The van der Waals surface area contributed by atoms with Crippen molar-refractivity contribution < 1.29 is 14.3 Å². The van der Waals surface area contributed by atoms with Crippen LogP contribution in [0.2, 0.25) is 0 Å². The number of piperazine rings is 1. The molecule has 2 aliphatic rings. The van der Waals surface area contributed by atoms with Gasteiger partial charge in [0.1, 0.15) is 11.4 Å². The predicted octanol–water partition coefficient (Wildman–Crippen LogP) is 2.53. The van der Waals surface area contributed by atoms with E-state index < -0.39 is 0 Å². The van der Waals surface area contributed by atoms with Gasteiger partial charge in [-0.2, -0.15) is 0 Å². The van der Waals surface area contributed by atoms with Crippen molar-refractivity contribution in [3.63, 3.8) is 0 Å². The molecule has 30 heavy (non-hydrogen) atoms. The van der Waals surface area contributed by atoms with E-state index in [4.69, 9.17) is 4.74 Å². The quantitative estimate of drug-likeness (QED) is 0.716. The lowest BCUT2D eigenvalue weighted by Gasteiger charge is -2.34. The van der Waals surface area contributed by atoms with Gasteiger partial charge in [0.05, 0.1) is 19.2 Å². The molecule has 0 aromatic heterocycles. The van der Waals surface area contributed by atoms with Crippen LogP contribution in [0.25, 0.3) is 5.57 Å². The van der Waals surface area contributed by atoms with Crippen LogP contribution in [0.3, 0.4) is 0 Å². The van der Waals surface area contributed by atoms with E-state index in [1.54, 1.807) is 7.11 Å². The number of rotatable bonds is 5. The molecule has 1 saturated heterocycles. The fourth-order valence-corrected chi connectivity index (χ4v) is 3.92. The minimum absolute atomic E-state index is 0.212. The van der Waals surface area contributed by atoms with Crippen molar-refractivity contribution in [2.45, 2.75) is 13.5 Å². The van der Waals surface area contributed by atoms with Crippen molar-refractivity contribution in [3.05, 3.63) is 70.9 Å². The normalized spacial score (nSPS) is 17.8. The van der Waals surface area contributed by atoms with Crippen LogP contribution in [0.1, 0.15) is 16.7 Å². The van der Waals surface area contributed by atoms with Gasteiger partial charge in [-0.3, -0.25) is 14.5 Å². The summed E-state index contributed by atoms with van der Waals surface area (Å²) in [4.78, 5) is 32.5. The number of likely N-dealkylation sites (N-methyl/N-ethyl adjacent to an activating group) is 1. The monoisotopic (exact) mass is 405 g/mol. The van der Waals surface area contributed by atoms with Gasteiger partial charge in [-0.1, -0.05) is 42.0 Å². The number of amides is 2. The zero-order valence-electron chi connectivity index (χ0n) is 17.7.